The van der Waals surface area contributed by atoms with E-state index in [1.165, 1.54) is 12.1 Å². The molecule has 0 aromatic heterocycles. The molecule has 0 saturated carbocycles. The second kappa shape index (κ2) is 9.59. The Morgan fingerprint density at radius 2 is 1.85 bits per heavy atom. The molecule has 1 aromatic carbocycles. The molecule has 1 unspecified atom stereocenters. The molecule has 1 aliphatic heterocycles. The number of hydrogen-bond donors (Lipinski definition) is 2. The number of nitrogens with one attached hydrogen (secondary N) is 1. The fourth-order valence-electron chi connectivity index (χ4n) is 2.97. The van der Waals surface area contributed by atoms with Crippen LogP contribution in [0.25, 0.3) is 0 Å². The maximum atomic E-state index is 12.2. The lowest BCUT2D eigenvalue weighted by molar-refractivity contribution is -0.274. The largest absolute Gasteiger partial charge is 0.573 e. The number of aliphatic carboxylic acids is 1. The van der Waals surface area contributed by atoms with E-state index in [0.29, 0.717) is 31.1 Å². The molecule has 2 rings (SSSR count). The number of carbonyl (C=O) groups excluding carboxylic acids is 1. The summed E-state index contributed by atoms with van der Waals surface area (Å²) in [6, 6.07) is 3.98. The van der Waals surface area contributed by atoms with Gasteiger partial charge in [0.2, 0.25) is 5.91 Å². The maximum absolute atomic E-state index is 12.2. The van der Waals surface area contributed by atoms with E-state index in [1.54, 1.807) is 0 Å². The molecule has 0 aliphatic carbocycles. The number of ether oxygens (including phenoxy) is 2. The Kier molecular flexibility index (Phi) is 7.46. The molecule has 150 valence electrons. The van der Waals surface area contributed by atoms with Crippen LogP contribution in [0, 0.1) is 5.92 Å². The average Bonchev–Trinajstić information content (AvgIpc) is 2.59. The highest BCUT2D eigenvalue weighted by molar-refractivity contribution is 5.77. The Morgan fingerprint density at radius 1 is 1.22 bits per heavy atom. The molecule has 9 heteroatoms. The fraction of sp³-hybridized carbons (Fsp3) is 0.556. The third-order valence-corrected chi connectivity index (χ3v) is 4.35. The van der Waals surface area contributed by atoms with Gasteiger partial charge in [0.15, 0.2) is 0 Å². The van der Waals surface area contributed by atoms with E-state index in [9.17, 15) is 22.8 Å². The minimum absolute atomic E-state index is 0.260. The molecule has 1 amide bonds. The minimum Gasteiger partial charge on any atom is -0.481 e. The zero-order chi connectivity index (χ0) is 19.9. The average molecular weight is 389 g/mol. The summed E-state index contributed by atoms with van der Waals surface area (Å²) in [5, 5.41) is 11.7. The maximum Gasteiger partial charge on any atom is 0.573 e. The summed E-state index contributed by atoms with van der Waals surface area (Å²) >= 11 is 0. The molecule has 1 heterocycles. The van der Waals surface area contributed by atoms with Crippen molar-refractivity contribution < 1.29 is 37.3 Å². The quantitative estimate of drug-likeness (QED) is 0.712. The number of amides is 1. The molecule has 1 atom stereocenters. The van der Waals surface area contributed by atoms with Crippen molar-refractivity contribution in [1.29, 1.82) is 0 Å². The number of benzene rings is 1. The topological polar surface area (TPSA) is 84.9 Å². The highest BCUT2D eigenvalue weighted by Crippen LogP contribution is 2.26. The Morgan fingerprint density at radius 3 is 2.41 bits per heavy atom. The van der Waals surface area contributed by atoms with E-state index >= 15 is 0 Å². The number of carboxylic acid groups (broad SMARTS) is 1. The van der Waals surface area contributed by atoms with Gasteiger partial charge in [-0.05, 0) is 42.9 Å². The van der Waals surface area contributed by atoms with Gasteiger partial charge in [0.1, 0.15) is 5.75 Å². The van der Waals surface area contributed by atoms with Crippen LogP contribution in [-0.4, -0.2) is 36.6 Å². The van der Waals surface area contributed by atoms with Crippen LogP contribution >= 0.6 is 0 Å². The number of carbonyl (C=O) groups is 2. The summed E-state index contributed by atoms with van der Waals surface area (Å²) in [6.07, 6.45) is -2.44. The van der Waals surface area contributed by atoms with Crippen LogP contribution in [-0.2, 0) is 14.3 Å². The van der Waals surface area contributed by atoms with Gasteiger partial charge in [0, 0.05) is 19.6 Å². The lowest BCUT2D eigenvalue weighted by Gasteiger charge is -2.22. The number of carboxylic acids is 1. The Bertz CT molecular complexity index is 627. The summed E-state index contributed by atoms with van der Waals surface area (Å²) in [4.78, 5) is 23.3. The van der Waals surface area contributed by atoms with Gasteiger partial charge in [-0.3, -0.25) is 9.59 Å². The molecule has 0 radical (unpaired) electrons. The van der Waals surface area contributed by atoms with Crippen molar-refractivity contribution in [2.24, 2.45) is 5.92 Å². The van der Waals surface area contributed by atoms with Gasteiger partial charge in [-0.1, -0.05) is 12.1 Å². The van der Waals surface area contributed by atoms with Crippen molar-refractivity contribution in [3.63, 3.8) is 0 Å². The molecule has 2 N–H and O–H groups in total. The fourth-order valence-corrected chi connectivity index (χ4v) is 2.97. The van der Waals surface area contributed by atoms with E-state index in [-0.39, 0.29) is 18.7 Å². The normalized spacial score (nSPS) is 16.6. The third-order valence-electron chi connectivity index (χ3n) is 4.35. The number of alkyl halides is 3. The first-order valence-corrected chi connectivity index (χ1v) is 8.67. The summed E-state index contributed by atoms with van der Waals surface area (Å²) in [6.45, 7) is 1.36. The SMILES string of the molecule is O=C(O)CC(NC(=O)CCC1CCOCC1)c1ccc(OC(F)(F)F)cc1. The van der Waals surface area contributed by atoms with Crippen molar-refractivity contribution in [1.82, 2.24) is 5.32 Å². The van der Waals surface area contributed by atoms with Gasteiger partial charge >= 0.3 is 12.3 Å². The molecule has 0 bridgehead atoms. The second-order valence-electron chi connectivity index (χ2n) is 6.43. The summed E-state index contributed by atoms with van der Waals surface area (Å²) in [5.74, 6) is -1.42. The van der Waals surface area contributed by atoms with Crippen LogP contribution in [0.3, 0.4) is 0 Å². The van der Waals surface area contributed by atoms with Gasteiger partial charge in [-0.15, -0.1) is 13.2 Å². The predicted octanol–water partition coefficient (Wildman–Crippen LogP) is 3.42. The lowest BCUT2D eigenvalue weighted by atomic mass is 9.94. The molecule has 0 spiro atoms. The molecule has 27 heavy (non-hydrogen) atoms. The van der Waals surface area contributed by atoms with E-state index in [2.05, 4.69) is 10.1 Å². The molecule has 1 saturated heterocycles. The first-order chi connectivity index (χ1) is 12.7. The van der Waals surface area contributed by atoms with Gasteiger partial charge in [0.05, 0.1) is 12.5 Å². The number of hydrogen-bond acceptors (Lipinski definition) is 4. The Balaban J connectivity index is 1.95. The number of halogens is 3. The molecular weight excluding hydrogens is 367 g/mol. The highest BCUT2D eigenvalue weighted by atomic mass is 19.4. The van der Waals surface area contributed by atoms with Crippen molar-refractivity contribution in [2.75, 3.05) is 13.2 Å². The summed E-state index contributed by atoms with van der Waals surface area (Å²) in [5.41, 5.74) is 0.395. The van der Waals surface area contributed by atoms with Crippen molar-refractivity contribution in [2.45, 2.75) is 44.5 Å². The number of rotatable bonds is 8. The molecule has 1 aromatic rings. The second-order valence-corrected chi connectivity index (χ2v) is 6.43. The standard InChI is InChI=1S/C18H22F3NO5/c19-18(20,21)27-14-4-2-13(3-5-14)15(11-17(24)25)22-16(23)6-1-12-7-9-26-10-8-12/h2-5,12,15H,1,6-11H2,(H,22,23)(H,24,25). The van der Waals surface area contributed by atoms with E-state index in [4.69, 9.17) is 9.84 Å². The van der Waals surface area contributed by atoms with Gasteiger partial charge in [0.25, 0.3) is 0 Å². The van der Waals surface area contributed by atoms with Gasteiger partial charge < -0.3 is 19.9 Å². The van der Waals surface area contributed by atoms with Crippen LogP contribution in [0.4, 0.5) is 13.2 Å². The van der Waals surface area contributed by atoms with Crippen LogP contribution in [0.1, 0.15) is 43.7 Å². The van der Waals surface area contributed by atoms with E-state index in [0.717, 1.165) is 25.0 Å². The third kappa shape index (κ3) is 7.86. The molecule has 1 aliphatic rings. The van der Waals surface area contributed by atoms with E-state index < -0.39 is 24.1 Å². The van der Waals surface area contributed by atoms with Crippen molar-refractivity contribution >= 4 is 11.9 Å². The predicted molar refractivity (Wildman–Crippen MR) is 89.0 cm³/mol. The Labute approximate surface area is 154 Å². The van der Waals surface area contributed by atoms with Crippen LogP contribution < -0.4 is 10.1 Å². The first-order valence-electron chi connectivity index (χ1n) is 8.67. The highest BCUT2D eigenvalue weighted by Gasteiger charge is 2.31. The summed E-state index contributed by atoms with van der Waals surface area (Å²) in [7, 11) is 0. The van der Waals surface area contributed by atoms with Gasteiger partial charge in [-0.25, -0.2) is 0 Å². The smallest absolute Gasteiger partial charge is 0.481 e. The lowest BCUT2D eigenvalue weighted by Crippen LogP contribution is -2.30. The van der Waals surface area contributed by atoms with Crippen LogP contribution in [0.2, 0.25) is 0 Å². The first kappa shape index (κ1) is 21.0. The van der Waals surface area contributed by atoms with Crippen molar-refractivity contribution in [3.05, 3.63) is 29.8 Å². The molecular formula is C18H22F3NO5. The van der Waals surface area contributed by atoms with Crippen LogP contribution in [0.15, 0.2) is 24.3 Å². The zero-order valence-electron chi connectivity index (χ0n) is 14.6. The monoisotopic (exact) mass is 389 g/mol. The van der Waals surface area contributed by atoms with E-state index in [1.807, 2.05) is 0 Å². The van der Waals surface area contributed by atoms with Crippen molar-refractivity contribution in [3.8, 4) is 5.75 Å². The molecule has 1 fully saturated rings. The summed E-state index contributed by atoms with van der Waals surface area (Å²) < 4.78 is 45.7. The van der Waals surface area contributed by atoms with Gasteiger partial charge in [-0.2, -0.15) is 0 Å². The Hall–Kier alpha value is -2.29. The molecule has 6 nitrogen and oxygen atoms in total. The van der Waals surface area contributed by atoms with Crippen LogP contribution in [0.5, 0.6) is 5.75 Å². The minimum atomic E-state index is -4.81. The zero-order valence-corrected chi connectivity index (χ0v) is 14.6.